The summed E-state index contributed by atoms with van der Waals surface area (Å²) in [7, 11) is 5.23. The number of rotatable bonds is 7. The second kappa shape index (κ2) is 12.9. The van der Waals surface area contributed by atoms with E-state index >= 15 is 0 Å². The summed E-state index contributed by atoms with van der Waals surface area (Å²) in [6.45, 7) is 3.11. The Morgan fingerprint density at radius 1 is 1.00 bits per heavy atom. The lowest BCUT2D eigenvalue weighted by Gasteiger charge is -2.32. The minimum absolute atomic E-state index is 0.0128. The first-order chi connectivity index (χ1) is 18.9. The van der Waals surface area contributed by atoms with Gasteiger partial charge in [-0.1, -0.05) is 12.2 Å². The van der Waals surface area contributed by atoms with E-state index in [0.29, 0.717) is 42.3 Å². The van der Waals surface area contributed by atoms with Gasteiger partial charge in [-0.2, -0.15) is 0 Å². The lowest BCUT2D eigenvalue weighted by atomic mass is 10.1. The first-order valence-corrected chi connectivity index (χ1v) is 12.9. The number of nitrogens with one attached hydrogen (secondary N) is 3. The molecule has 0 spiro atoms. The number of amides is 2. The van der Waals surface area contributed by atoms with E-state index in [1.807, 2.05) is 48.4 Å². The standard InChI is InChI=1S/C30H35N5O4/c1-34-15-17-35(18-16-34)30(37)21-9-12-23(13-10-21)33-29(36)25(31)20-24-7-5-4-6-8-26(32-24)22-11-14-27(38-2)28(19-22)39-3/h4,6,8-14,19-20,31-32H,5,7,15-18H2,1-3H3,(H,33,36)/b6-4-,24-20-,26-8-,31-25?. The Morgan fingerprint density at radius 3 is 2.41 bits per heavy atom. The van der Waals surface area contributed by atoms with E-state index in [0.717, 1.165) is 36.5 Å². The van der Waals surface area contributed by atoms with Gasteiger partial charge in [-0.25, -0.2) is 0 Å². The maximum absolute atomic E-state index is 12.8. The van der Waals surface area contributed by atoms with Crippen molar-refractivity contribution in [2.24, 2.45) is 0 Å². The molecule has 1 saturated heterocycles. The number of carbonyl (C=O) groups is 2. The third kappa shape index (κ3) is 7.14. The molecule has 3 N–H and O–H groups in total. The van der Waals surface area contributed by atoms with E-state index in [2.05, 4.69) is 15.5 Å². The van der Waals surface area contributed by atoms with Crippen molar-refractivity contribution in [3.8, 4) is 11.5 Å². The van der Waals surface area contributed by atoms with Gasteiger partial charge in [0.05, 0.1) is 14.2 Å². The lowest BCUT2D eigenvalue weighted by Crippen LogP contribution is -2.47. The molecule has 0 bridgehead atoms. The van der Waals surface area contributed by atoms with Crippen LogP contribution >= 0.6 is 0 Å². The van der Waals surface area contributed by atoms with Crippen LogP contribution in [0.2, 0.25) is 0 Å². The van der Waals surface area contributed by atoms with Crippen LogP contribution in [0.3, 0.4) is 0 Å². The van der Waals surface area contributed by atoms with Gasteiger partial charge in [-0.15, -0.1) is 0 Å². The normalized spacial score (nSPS) is 19.1. The third-order valence-corrected chi connectivity index (χ3v) is 6.71. The number of ether oxygens (including phenoxy) is 2. The van der Waals surface area contributed by atoms with E-state index in [-0.39, 0.29) is 11.6 Å². The number of anilines is 1. The van der Waals surface area contributed by atoms with Crippen molar-refractivity contribution in [2.75, 3.05) is 52.8 Å². The zero-order chi connectivity index (χ0) is 27.8. The van der Waals surface area contributed by atoms with Crippen LogP contribution in [0.5, 0.6) is 11.5 Å². The summed E-state index contributed by atoms with van der Waals surface area (Å²) in [4.78, 5) is 29.6. The average molecular weight is 530 g/mol. The molecule has 2 aromatic carbocycles. The largest absolute Gasteiger partial charge is 0.493 e. The van der Waals surface area contributed by atoms with Crippen LogP contribution in [0, 0.1) is 5.41 Å². The number of nitrogens with zero attached hydrogens (tertiary/aromatic N) is 2. The molecule has 9 heteroatoms. The van der Waals surface area contributed by atoms with Crippen LogP contribution in [0.15, 0.2) is 72.5 Å². The molecular weight excluding hydrogens is 494 g/mol. The van der Waals surface area contributed by atoms with Gasteiger partial charge in [0.15, 0.2) is 11.5 Å². The number of likely N-dealkylation sites (N-methyl/N-ethyl adjacent to an activating group) is 1. The topological polar surface area (TPSA) is 107 Å². The van der Waals surface area contributed by atoms with Crippen molar-refractivity contribution < 1.29 is 19.1 Å². The highest BCUT2D eigenvalue weighted by Gasteiger charge is 2.20. The van der Waals surface area contributed by atoms with Crippen LogP contribution < -0.4 is 20.1 Å². The molecule has 2 aliphatic heterocycles. The van der Waals surface area contributed by atoms with Crippen LogP contribution in [0.4, 0.5) is 5.69 Å². The highest BCUT2D eigenvalue weighted by molar-refractivity contribution is 6.46. The second-order valence-electron chi connectivity index (χ2n) is 9.45. The van der Waals surface area contributed by atoms with Crippen molar-refractivity contribution in [3.63, 3.8) is 0 Å². The van der Waals surface area contributed by atoms with E-state index in [1.54, 1.807) is 44.6 Å². The molecule has 1 fully saturated rings. The van der Waals surface area contributed by atoms with Crippen molar-refractivity contribution in [3.05, 3.63) is 83.6 Å². The Bertz CT molecular complexity index is 1310. The zero-order valence-electron chi connectivity index (χ0n) is 22.6. The number of hydrogen-bond acceptors (Lipinski definition) is 7. The lowest BCUT2D eigenvalue weighted by molar-refractivity contribution is -0.110. The monoisotopic (exact) mass is 529 g/mol. The molecule has 0 aromatic heterocycles. The number of piperazine rings is 1. The van der Waals surface area contributed by atoms with Gasteiger partial charge < -0.3 is 29.9 Å². The maximum Gasteiger partial charge on any atom is 0.273 e. The Hall–Kier alpha value is -4.37. The van der Waals surface area contributed by atoms with Gasteiger partial charge in [-0.3, -0.25) is 15.0 Å². The number of carbonyl (C=O) groups excluding carboxylic acids is 2. The van der Waals surface area contributed by atoms with Crippen LogP contribution in [-0.4, -0.2) is 74.8 Å². The molecule has 2 aliphatic rings. The molecule has 0 atom stereocenters. The molecule has 2 aromatic rings. The second-order valence-corrected chi connectivity index (χ2v) is 9.45. The Balaban J connectivity index is 1.41. The number of hydrogen-bond donors (Lipinski definition) is 3. The molecular formula is C30H35N5O4. The predicted molar refractivity (Wildman–Crippen MR) is 153 cm³/mol. The molecule has 0 aliphatic carbocycles. The molecule has 204 valence electrons. The highest BCUT2D eigenvalue weighted by Crippen LogP contribution is 2.30. The Kier molecular flexibility index (Phi) is 9.17. The van der Waals surface area contributed by atoms with E-state index in [4.69, 9.17) is 14.9 Å². The van der Waals surface area contributed by atoms with Gasteiger partial charge in [0.25, 0.3) is 11.8 Å². The smallest absolute Gasteiger partial charge is 0.273 e. The number of benzene rings is 2. The molecule has 0 unspecified atom stereocenters. The van der Waals surface area contributed by atoms with Crippen molar-refractivity contribution in [1.82, 2.24) is 15.1 Å². The third-order valence-electron chi connectivity index (χ3n) is 6.71. The number of methoxy groups -OCH3 is 2. The molecule has 0 saturated carbocycles. The van der Waals surface area contributed by atoms with Gasteiger partial charge in [0.1, 0.15) is 5.71 Å². The maximum atomic E-state index is 12.8. The fourth-order valence-corrected chi connectivity index (χ4v) is 4.38. The Morgan fingerprint density at radius 2 is 1.72 bits per heavy atom. The molecule has 2 amide bonds. The van der Waals surface area contributed by atoms with Gasteiger partial charge in [0, 0.05) is 54.4 Å². The average Bonchev–Trinajstić information content (AvgIpc) is 2.94. The van der Waals surface area contributed by atoms with Crippen molar-refractivity contribution >= 4 is 28.9 Å². The molecule has 4 rings (SSSR count). The van der Waals surface area contributed by atoms with Gasteiger partial charge >= 0.3 is 0 Å². The van der Waals surface area contributed by atoms with Gasteiger partial charge in [0.2, 0.25) is 0 Å². The fraction of sp³-hybridized carbons (Fsp3) is 0.300. The van der Waals surface area contributed by atoms with Crippen molar-refractivity contribution in [2.45, 2.75) is 12.8 Å². The molecule has 0 radical (unpaired) electrons. The first-order valence-electron chi connectivity index (χ1n) is 12.9. The van der Waals surface area contributed by atoms with Crippen molar-refractivity contribution in [1.29, 1.82) is 5.41 Å². The summed E-state index contributed by atoms with van der Waals surface area (Å²) in [5.41, 5.74) is 3.37. The zero-order valence-corrected chi connectivity index (χ0v) is 22.6. The highest BCUT2D eigenvalue weighted by atomic mass is 16.5. The van der Waals surface area contributed by atoms with Crippen LogP contribution in [-0.2, 0) is 4.79 Å². The fourth-order valence-electron chi connectivity index (χ4n) is 4.38. The predicted octanol–water partition coefficient (Wildman–Crippen LogP) is 3.91. The van der Waals surface area contributed by atoms with Crippen LogP contribution in [0.1, 0.15) is 28.8 Å². The summed E-state index contributed by atoms with van der Waals surface area (Å²) in [5, 5.41) is 14.5. The SMILES string of the molecule is COc1ccc(/C2=C/C=C\CC/C(=C/C(=N)C(=O)Nc3ccc(C(=O)N4CCN(C)CC4)cc3)N2)cc1OC. The molecule has 2 heterocycles. The molecule has 39 heavy (non-hydrogen) atoms. The van der Waals surface area contributed by atoms with E-state index in [1.165, 1.54) is 0 Å². The van der Waals surface area contributed by atoms with Crippen LogP contribution in [0.25, 0.3) is 5.70 Å². The first kappa shape index (κ1) is 27.7. The number of allylic oxidation sites excluding steroid dienone is 4. The Labute approximate surface area is 229 Å². The minimum Gasteiger partial charge on any atom is -0.493 e. The summed E-state index contributed by atoms with van der Waals surface area (Å²) in [6, 6.07) is 12.4. The van der Waals surface area contributed by atoms with Gasteiger partial charge in [-0.05, 0) is 74.5 Å². The van der Waals surface area contributed by atoms with E-state index in [9.17, 15) is 9.59 Å². The summed E-state index contributed by atoms with van der Waals surface area (Å²) >= 11 is 0. The summed E-state index contributed by atoms with van der Waals surface area (Å²) < 4.78 is 10.8. The van der Waals surface area contributed by atoms with E-state index < -0.39 is 5.91 Å². The molecule has 9 nitrogen and oxygen atoms in total. The summed E-state index contributed by atoms with van der Waals surface area (Å²) in [6.07, 6.45) is 8.93. The quantitative estimate of drug-likeness (QED) is 0.470. The summed E-state index contributed by atoms with van der Waals surface area (Å²) in [5.74, 6) is 0.699. The minimum atomic E-state index is -0.531.